The lowest BCUT2D eigenvalue weighted by molar-refractivity contribution is -0.135. The van der Waals surface area contributed by atoms with Crippen molar-refractivity contribution in [2.24, 2.45) is 17.3 Å². The Hall–Kier alpha value is -4.05. The summed E-state index contributed by atoms with van der Waals surface area (Å²) in [7, 11) is 0. The van der Waals surface area contributed by atoms with Crippen molar-refractivity contribution in [3.63, 3.8) is 0 Å². The largest absolute Gasteiger partial charge is 0.387 e. The van der Waals surface area contributed by atoms with Crippen LogP contribution in [0.15, 0.2) is 60.7 Å². The number of aliphatic hydroxyl groups excluding tert-OH is 1. The number of aliphatic hydroxyl groups is 1. The van der Waals surface area contributed by atoms with Gasteiger partial charge in [-0.05, 0) is 61.5 Å². The molecule has 0 aromatic heterocycles. The van der Waals surface area contributed by atoms with Crippen LogP contribution in [0.1, 0.15) is 77.8 Å². The van der Waals surface area contributed by atoms with Crippen LogP contribution in [0.3, 0.4) is 0 Å². The molecule has 0 unspecified atom stereocenters. The van der Waals surface area contributed by atoms with Gasteiger partial charge in [-0.2, -0.15) is 0 Å². The first-order valence-electron chi connectivity index (χ1n) is 16.7. The zero-order valence-corrected chi connectivity index (χ0v) is 28.4. The number of amides is 4. The summed E-state index contributed by atoms with van der Waals surface area (Å²) in [4.78, 5) is 66.7. The molecule has 3 rings (SSSR count). The first-order chi connectivity index (χ1) is 22.3. The number of benzene rings is 2. The smallest absolute Gasteiger partial charge is 0.246 e. The third-order valence-corrected chi connectivity index (χ3v) is 8.55. The van der Waals surface area contributed by atoms with Gasteiger partial charge in [0.05, 0.1) is 6.04 Å². The van der Waals surface area contributed by atoms with Crippen molar-refractivity contribution in [3.05, 3.63) is 71.8 Å². The number of hydrogen-bond donors (Lipinski definition) is 5. The molecule has 2 aromatic carbocycles. The highest BCUT2D eigenvalue weighted by molar-refractivity contribution is 5.97. The monoisotopic (exact) mass is 648 g/mol. The first-order valence-corrected chi connectivity index (χ1v) is 16.7. The van der Waals surface area contributed by atoms with Crippen LogP contribution in [0.2, 0.25) is 0 Å². The Morgan fingerprint density at radius 3 is 1.66 bits per heavy atom. The van der Waals surface area contributed by atoms with E-state index in [1.807, 2.05) is 95.3 Å². The predicted molar refractivity (Wildman–Crippen MR) is 181 cm³/mol. The van der Waals surface area contributed by atoms with Gasteiger partial charge in [0.15, 0.2) is 5.78 Å². The molecular weight excluding hydrogens is 596 g/mol. The molecule has 5 N–H and O–H groups in total. The summed E-state index contributed by atoms with van der Waals surface area (Å²) in [6.07, 6.45) is 3.28. The van der Waals surface area contributed by atoms with Gasteiger partial charge in [-0.15, -0.1) is 0 Å². The second-order valence-electron chi connectivity index (χ2n) is 13.9. The lowest BCUT2D eigenvalue weighted by atomic mass is 9.91. The Bertz CT molecular complexity index is 1340. The summed E-state index contributed by atoms with van der Waals surface area (Å²) >= 11 is 0. The fourth-order valence-corrected chi connectivity index (χ4v) is 5.60. The topological polar surface area (TPSA) is 154 Å². The van der Waals surface area contributed by atoms with Crippen LogP contribution in [-0.4, -0.2) is 65.3 Å². The van der Waals surface area contributed by atoms with Crippen LogP contribution in [0, 0.1) is 17.3 Å². The van der Waals surface area contributed by atoms with Gasteiger partial charge < -0.3 is 26.4 Å². The van der Waals surface area contributed by atoms with E-state index in [-0.39, 0.29) is 36.9 Å². The summed E-state index contributed by atoms with van der Waals surface area (Å²) in [5, 5.41) is 20.5. The lowest BCUT2D eigenvalue weighted by Gasteiger charge is -2.28. The quantitative estimate of drug-likeness (QED) is 0.158. The van der Waals surface area contributed by atoms with E-state index in [2.05, 4.69) is 21.3 Å². The van der Waals surface area contributed by atoms with Crippen molar-refractivity contribution in [3.8, 4) is 0 Å². The second kappa shape index (κ2) is 17.8. The van der Waals surface area contributed by atoms with Gasteiger partial charge in [0.1, 0.15) is 24.7 Å². The zero-order valence-electron chi connectivity index (χ0n) is 28.4. The van der Waals surface area contributed by atoms with Crippen LogP contribution < -0.4 is 21.3 Å². The molecule has 0 radical (unpaired) electrons. The van der Waals surface area contributed by atoms with Gasteiger partial charge in [-0.3, -0.25) is 24.0 Å². The van der Waals surface area contributed by atoms with Gasteiger partial charge in [-0.25, -0.2) is 0 Å². The van der Waals surface area contributed by atoms with Gasteiger partial charge in [0, 0.05) is 11.8 Å². The fourth-order valence-electron chi connectivity index (χ4n) is 5.60. The Labute approximate surface area is 278 Å². The molecule has 10 heteroatoms. The van der Waals surface area contributed by atoms with E-state index in [9.17, 15) is 29.1 Å². The van der Waals surface area contributed by atoms with Crippen molar-refractivity contribution < 1.29 is 29.1 Å². The van der Waals surface area contributed by atoms with Gasteiger partial charge in [0.25, 0.3) is 0 Å². The lowest BCUT2D eigenvalue weighted by Crippen LogP contribution is -2.58. The average Bonchev–Trinajstić information content (AvgIpc) is 3.80. The third kappa shape index (κ3) is 12.2. The molecule has 47 heavy (non-hydrogen) atoms. The number of aryl methyl sites for hydroxylation is 1. The molecule has 256 valence electrons. The normalized spacial score (nSPS) is 16.0. The predicted octanol–water partition coefficient (Wildman–Crippen LogP) is 3.25. The van der Waals surface area contributed by atoms with Crippen molar-refractivity contribution in [1.82, 2.24) is 21.3 Å². The maximum absolute atomic E-state index is 13.9. The van der Waals surface area contributed by atoms with Gasteiger partial charge >= 0.3 is 0 Å². The third-order valence-electron chi connectivity index (χ3n) is 8.55. The number of hydrogen-bond acceptors (Lipinski definition) is 6. The Morgan fingerprint density at radius 1 is 0.660 bits per heavy atom. The number of ketones is 1. The standard InChI is InChI=1S/C37H52N4O6/c1-24(2)20-29(33(44)37(5)18-19-37)39-36(47)31(22-27-14-10-7-11-15-27)41-35(46)30(21-25(3)4)40-34(45)28(38-32(43)23-42)17-16-26-12-8-6-9-13-26/h6-15,24-25,28-31,42H,16-23H2,1-5H3,(H,38,43)(H,39,47)(H,40,45)(H,41,46)/t28-,29-,30-,31-/m0/s1. The molecule has 0 bridgehead atoms. The van der Waals surface area contributed by atoms with E-state index in [4.69, 9.17) is 0 Å². The van der Waals surface area contributed by atoms with E-state index < -0.39 is 59.8 Å². The van der Waals surface area contributed by atoms with E-state index in [1.54, 1.807) is 0 Å². The van der Waals surface area contributed by atoms with Crippen LogP contribution in [-0.2, 0) is 36.8 Å². The van der Waals surface area contributed by atoms with Crippen molar-refractivity contribution in [2.75, 3.05) is 6.61 Å². The molecular formula is C37H52N4O6. The summed E-state index contributed by atoms with van der Waals surface area (Å²) in [5.74, 6) is -2.08. The minimum Gasteiger partial charge on any atom is -0.387 e. The molecule has 0 heterocycles. The summed E-state index contributed by atoms with van der Waals surface area (Å²) in [6.45, 7) is 8.98. The van der Waals surface area contributed by atoms with E-state index >= 15 is 0 Å². The summed E-state index contributed by atoms with van der Waals surface area (Å²) in [5.41, 5.74) is 1.37. The molecule has 2 aromatic rings. The highest BCUT2D eigenvalue weighted by Gasteiger charge is 2.48. The SMILES string of the molecule is CC(C)C[C@H](NC(=O)[C@H](CCc1ccccc1)NC(=O)CO)C(=O)N[C@@H](Cc1ccccc1)C(=O)N[C@@H](CC(C)C)C(=O)C1(C)CC1. The van der Waals surface area contributed by atoms with E-state index in [0.29, 0.717) is 12.8 Å². The Kier molecular flexibility index (Phi) is 14.1. The minimum absolute atomic E-state index is 0.00887. The number of carbonyl (C=O) groups is 5. The average molecular weight is 649 g/mol. The van der Waals surface area contributed by atoms with Crippen LogP contribution >= 0.6 is 0 Å². The molecule has 1 fully saturated rings. The van der Waals surface area contributed by atoms with Crippen molar-refractivity contribution >= 4 is 29.4 Å². The molecule has 0 aliphatic heterocycles. The number of nitrogens with one attached hydrogen (secondary N) is 4. The molecule has 4 amide bonds. The van der Waals surface area contributed by atoms with Gasteiger partial charge in [-0.1, -0.05) is 95.3 Å². The highest BCUT2D eigenvalue weighted by Crippen LogP contribution is 2.47. The maximum atomic E-state index is 13.9. The zero-order chi connectivity index (χ0) is 34.6. The van der Waals surface area contributed by atoms with Crippen molar-refractivity contribution in [1.29, 1.82) is 0 Å². The maximum Gasteiger partial charge on any atom is 0.246 e. The fraction of sp³-hybridized carbons (Fsp3) is 0.541. The summed E-state index contributed by atoms with van der Waals surface area (Å²) in [6, 6.07) is 15.1. The van der Waals surface area contributed by atoms with Gasteiger partial charge in [0.2, 0.25) is 23.6 Å². The molecule has 4 atom stereocenters. The molecule has 1 saturated carbocycles. The first kappa shape index (κ1) is 37.4. The van der Waals surface area contributed by atoms with Crippen molar-refractivity contribution in [2.45, 2.75) is 104 Å². The van der Waals surface area contributed by atoms with Crippen LogP contribution in [0.25, 0.3) is 0 Å². The molecule has 10 nitrogen and oxygen atoms in total. The minimum atomic E-state index is -1.01. The second-order valence-corrected chi connectivity index (χ2v) is 13.9. The van der Waals surface area contributed by atoms with Crippen LogP contribution in [0.4, 0.5) is 0 Å². The summed E-state index contributed by atoms with van der Waals surface area (Å²) < 4.78 is 0. The van der Waals surface area contributed by atoms with E-state index in [0.717, 1.165) is 24.0 Å². The molecule has 0 saturated heterocycles. The number of carbonyl (C=O) groups excluding carboxylic acids is 5. The van der Waals surface area contributed by atoms with Crippen LogP contribution in [0.5, 0.6) is 0 Å². The molecule has 1 aliphatic rings. The molecule has 0 spiro atoms. The Morgan fingerprint density at radius 2 is 1.13 bits per heavy atom. The molecule has 1 aliphatic carbocycles. The Balaban J connectivity index is 1.81. The number of rotatable bonds is 19. The van der Waals surface area contributed by atoms with E-state index in [1.165, 1.54) is 0 Å². The number of Topliss-reactive ketones (excluding diaryl/α,β-unsaturated/α-hetero) is 1. The highest BCUT2D eigenvalue weighted by atomic mass is 16.3.